The molecule has 8 heteroatoms. The highest BCUT2D eigenvalue weighted by Gasteiger charge is 2.40. The van der Waals surface area contributed by atoms with Gasteiger partial charge in [-0.15, -0.1) is 0 Å². The lowest BCUT2D eigenvalue weighted by molar-refractivity contribution is 0.243. The van der Waals surface area contributed by atoms with Crippen LogP contribution in [0.5, 0.6) is 11.5 Å². The zero-order valence-corrected chi connectivity index (χ0v) is 21.8. The molecule has 168 valence electrons. The second-order valence-corrected chi connectivity index (χ2v) is 11.0. The van der Waals surface area contributed by atoms with Crippen LogP contribution < -0.4 is 9.47 Å². The summed E-state index contributed by atoms with van der Waals surface area (Å²) in [6.45, 7) is 7.81. The summed E-state index contributed by atoms with van der Waals surface area (Å²) in [6, 6.07) is 15.7. The Morgan fingerprint density at radius 3 is 1.26 bits per heavy atom. The molecule has 0 amide bonds. The lowest BCUT2D eigenvalue weighted by Gasteiger charge is -2.34. The lowest BCUT2D eigenvalue weighted by Crippen LogP contribution is -2.26. The summed E-state index contributed by atoms with van der Waals surface area (Å²) in [5.41, 5.74) is 1.97. The third-order valence-electron chi connectivity index (χ3n) is 4.06. The second-order valence-electron chi connectivity index (χ2n) is 7.11. The quantitative estimate of drug-likeness (QED) is 0.292. The van der Waals surface area contributed by atoms with Gasteiger partial charge in [0.25, 0.3) is 0 Å². The number of thiocarbonyl (C=S) groups is 2. The molecule has 0 bridgehead atoms. The van der Waals surface area contributed by atoms with Crippen molar-refractivity contribution < 1.29 is 18.9 Å². The van der Waals surface area contributed by atoms with Crippen molar-refractivity contribution in [1.29, 1.82) is 0 Å². The van der Waals surface area contributed by atoms with E-state index in [2.05, 4.69) is 0 Å². The molecule has 0 fully saturated rings. The summed E-state index contributed by atoms with van der Waals surface area (Å²) < 4.78 is 22.5. The monoisotopic (exact) mass is 496 g/mol. The number of hydrogen-bond acceptors (Lipinski definition) is 8. The van der Waals surface area contributed by atoms with Crippen LogP contribution in [-0.4, -0.2) is 35.2 Å². The second kappa shape index (κ2) is 11.9. The predicted molar refractivity (Wildman–Crippen MR) is 140 cm³/mol. The third kappa shape index (κ3) is 7.27. The maximum Gasteiger partial charge on any atom is 0.222 e. The van der Waals surface area contributed by atoms with Gasteiger partial charge in [-0.3, -0.25) is 0 Å². The summed E-state index contributed by atoms with van der Waals surface area (Å²) in [5.74, 6) is 1.54. The molecule has 0 atom stereocenters. The highest BCUT2D eigenvalue weighted by Crippen LogP contribution is 2.54. The van der Waals surface area contributed by atoms with Crippen molar-refractivity contribution in [3.05, 3.63) is 59.7 Å². The highest BCUT2D eigenvalue weighted by atomic mass is 32.2. The van der Waals surface area contributed by atoms with Gasteiger partial charge in [-0.2, -0.15) is 0 Å². The normalized spacial score (nSPS) is 11.4. The maximum absolute atomic E-state index is 5.85. The number of methoxy groups -OCH3 is 2. The zero-order valence-electron chi connectivity index (χ0n) is 18.5. The van der Waals surface area contributed by atoms with Crippen LogP contribution in [-0.2, 0) is 13.6 Å². The molecule has 0 saturated heterocycles. The fourth-order valence-corrected chi connectivity index (χ4v) is 6.75. The van der Waals surface area contributed by atoms with E-state index in [9.17, 15) is 0 Å². The fourth-order valence-electron chi connectivity index (χ4n) is 2.71. The summed E-state index contributed by atoms with van der Waals surface area (Å²) in [6.07, 6.45) is -0.0680. The number of thioether (sulfide) groups is 2. The standard InChI is InChI=1S/C23H28O4S4/c1-15(2)26-21(28)30-23(31-22(29)27-16(3)4,17-7-11-19(24-5)12-8-17)18-9-13-20(25-6)14-10-18/h7-16H,1-6H3. The molecule has 2 rings (SSSR count). The van der Waals surface area contributed by atoms with Crippen LogP contribution in [0.2, 0.25) is 0 Å². The molecule has 0 N–H and O–H groups in total. The Morgan fingerprint density at radius 2 is 1.00 bits per heavy atom. The van der Waals surface area contributed by atoms with E-state index in [1.54, 1.807) is 14.2 Å². The van der Waals surface area contributed by atoms with Crippen LogP contribution in [0.15, 0.2) is 48.5 Å². The Morgan fingerprint density at radius 1 is 0.677 bits per heavy atom. The first-order chi connectivity index (χ1) is 14.7. The molecular formula is C23H28O4S4. The fraction of sp³-hybridized carbons (Fsp3) is 0.391. The summed E-state index contributed by atoms with van der Waals surface area (Å²) in [5, 5.41) is 0. The minimum Gasteiger partial charge on any atom is -0.497 e. The van der Waals surface area contributed by atoms with E-state index < -0.39 is 4.08 Å². The molecule has 0 aromatic heterocycles. The summed E-state index contributed by atoms with van der Waals surface area (Å²) >= 11 is 14.1. The SMILES string of the molecule is COc1ccc(C(SC(=S)OC(C)C)(SC(=S)OC(C)C)c2ccc(OC)cc2)cc1. The van der Waals surface area contributed by atoms with Crippen molar-refractivity contribution in [2.24, 2.45) is 0 Å². The lowest BCUT2D eigenvalue weighted by atomic mass is 10.0. The average molecular weight is 497 g/mol. The van der Waals surface area contributed by atoms with Crippen LogP contribution in [0.3, 0.4) is 0 Å². The Labute approximate surface area is 204 Å². The molecule has 31 heavy (non-hydrogen) atoms. The largest absolute Gasteiger partial charge is 0.497 e. The molecule has 0 radical (unpaired) electrons. The van der Waals surface area contributed by atoms with Crippen molar-refractivity contribution in [3.63, 3.8) is 0 Å². The van der Waals surface area contributed by atoms with Crippen LogP contribution in [0.1, 0.15) is 38.8 Å². The Bertz CT molecular complexity index is 791. The Balaban J connectivity index is 2.63. The van der Waals surface area contributed by atoms with Crippen molar-refractivity contribution in [1.82, 2.24) is 0 Å². The Hall–Kier alpha value is -1.48. The van der Waals surface area contributed by atoms with E-state index >= 15 is 0 Å². The molecule has 0 spiro atoms. The van der Waals surface area contributed by atoms with Crippen molar-refractivity contribution in [3.8, 4) is 11.5 Å². The zero-order chi connectivity index (χ0) is 23.0. The van der Waals surface area contributed by atoms with Gasteiger partial charge >= 0.3 is 0 Å². The average Bonchev–Trinajstić information content (AvgIpc) is 2.72. The van der Waals surface area contributed by atoms with E-state index in [1.165, 1.54) is 23.5 Å². The van der Waals surface area contributed by atoms with Crippen molar-refractivity contribution in [2.45, 2.75) is 44.0 Å². The molecule has 2 aromatic carbocycles. The number of benzene rings is 2. The van der Waals surface area contributed by atoms with E-state index in [1.807, 2.05) is 76.2 Å². The van der Waals surface area contributed by atoms with Crippen LogP contribution >= 0.6 is 48.0 Å². The van der Waals surface area contributed by atoms with Crippen molar-refractivity contribution in [2.75, 3.05) is 14.2 Å². The number of ether oxygens (including phenoxy) is 4. The van der Waals surface area contributed by atoms with E-state index in [0.29, 0.717) is 8.77 Å². The first-order valence-electron chi connectivity index (χ1n) is 9.78. The smallest absolute Gasteiger partial charge is 0.222 e. The number of hydrogen-bond donors (Lipinski definition) is 0. The van der Waals surface area contributed by atoms with Crippen molar-refractivity contribution >= 4 is 56.7 Å². The molecular weight excluding hydrogens is 469 g/mol. The molecule has 2 aromatic rings. The predicted octanol–water partition coefficient (Wildman–Crippen LogP) is 6.79. The molecule has 0 aliphatic rings. The number of rotatable bonds is 8. The van der Waals surface area contributed by atoms with Gasteiger partial charge in [0.15, 0.2) is 0 Å². The van der Waals surface area contributed by atoms with Gasteiger partial charge in [0.1, 0.15) is 15.6 Å². The van der Waals surface area contributed by atoms with Gasteiger partial charge in [0.2, 0.25) is 8.77 Å². The van der Waals surface area contributed by atoms with Gasteiger partial charge < -0.3 is 18.9 Å². The van der Waals surface area contributed by atoms with E-state index in [-0.39, 0.29) is 12.2 Å². The molecule has 4 nitrogen and oxygen atoms in total. The van der Waals surface area contributed by atoms with Crippen LogP contribution in [0, 0.1) is 0 Å². The molecule has 0 unspecified atom stereocenters. The Kier molecular flexibility index (Phi) is 9.93. The molecule has 0 aliphatic carbocycles. The molecule has 0 saturated carbocycles. The molecule has 0 aliphatic heterocycles. The van der Waals surface area contributed by atoms with Gasteiger partial charge in [-0.1, -0.05) is 24.3 Å². The van der Waals surface area contributed by atoms with E-state index in [4.69, 9.17) is 43.4 Å². The summed E-state index contributed by atoms with van der Waals surface area (Å²) in [4.78, 5) is 0. The minimum absolute atomic E-state index is 0.0340. The van der Waals surface area contributed by atoms with Gasteiger partial charge in [-0.25, -0.2) is 0 Å². The minimum atomic E-state index is -0.726. The van der Waals surface area contributed by atoms with Gasteiger partial charge in [-0.05, 0) is 111 Å². The summed E-state index contributed by atoms with van der Waals surface area (Å²) in [7, 11) is 3.29. The van der Waals surface area contributed by atoms with Gasteiger partial charge in [0, 0.05) is 0 Å². The topological polar surface area (TPSA) is 36.9 Å². The third-order valence-corrected chi connectivity index (χ3v) is 7.29. The van der Waals surface area contributed by atoms with E-state index in [0.717, 1.165) is 22.6 Å². The first kappa shape index (κ1) is 25.8. The van der Waals surface area contributed by atoms with Gasteiger partial charge in [0.05, 0.1) is 26.4 Å². The maximum atomic E-state index is 5.85. The van der Waals surface area contributed by atoms with Crippen LogP contribution in [0.25, 0.3) is 0 Å². The van der Waals surface area contributed by atoms with Crippen LogP contribution in [0.4, 0.5) is 0 Å². The highest BCUT2D eigenvalue weighted by molar-refractivity contribution is 8.36. The first-order valence-corrected chi connectivity index (χ1v) is 12.2. The molecule has 0 heterocycles.